The van der Waals surface area contributed by atoms with Crippen molar-refractivity contribution in [3.05, 3.63) is 35.4 Å². The minimum Gasteiger partial charge on any atom is -0.370 e. The number of aliphatic imine (C=N–C) groups is 1. The molecule has 1 aliphatic carbocycles. The third kappa shape index (κ3) is 6.51. The maximum absolute atomic E-state index is 11.4. The van der Waals surface area contributed by atoms with E-state index in [0.29, 0.717) is 12.5 Å². The van der Waals surface area contributed by atoms with Crippen LogP contribution >= 0.6 is 24.0 Å². The molecule has 2 rings (SSSR count). The lowest BCUT2D eigenvalue weighted by Gasteiger charge is -2.25. The van der Waals surface area contributed by atoms with Crippen molar-refractivity contribution in [2.24, 2.45) is 16.6 Å². The fraction of sp³-hybridized carbons (Fsp3) is 0.533. The lowest BCUT2D eigenvalue weighted by molar-refractivity contribution is 0.315. The number of halogens is 1. The lowest BCUT2D eigenvalue weighted by Crippen LogP contribution is -2.37. The zero-order chi connectivity index (χ0) is 15.3. The molecule has 5 nitrogen and oxygen atoms in total. The number of nitrogens with one attached hydrogen (secondary N) is 1. The summed E-state index contributed by atoms with van der Waals surface area (Å²) in [6.45, 7) is 1.27. The van der Waals surface area contributed by atoms with Crippen molar-refractivity contribution in [1.82, 2.24) is 5.32 Å². The Morgan fingerprint density at radius 3 is 2.50 bits per heavy atom. The van der Waals surface area contributed by atoms with Gasteiger partial charge < -0.3 is 11.1 Å². The highest BCUT2D eigenvalue weighted by atomic mass is 127. The van der Waals surface area contributed by atoms with E-state index in [-0.39, 0.29) is 29.7 Å². The number of sulfone groups is 1. The summed E-state index contributed by atoms with van der Waals surface area (Å²) in [6, 6.07) is 7.44. The largest absolute Gasteiger partial charge is 0.370 e. The van der Waals surface area contributed by atoms with E-state index < -0.39 is 9.84 Å². The molecular formula is C15H24IN3O2S. The van der Waals surface area contributed by atoms with Gasteiger partial charge >= 0.3 is 0 Å². The molecule has 0 amide bonds. The molecule has 1 aromatic rings. The molecule has 0 heterocycles. The van der Waals surface area contributed by atoms with Gasteiger partial charge in [-0.1, -0.05) is 30.7 Å². The van der Waals surface area contributed by atoms with Crippen molar-refractivity contribution in [2.75, 3.05) is 12.8 Å². The molecular weight excluding hydrogens is 413 g/mol. The van der Waals surface area contributed by atoms with Crippen LogP contribution in [0.1, 0.15) is 30.4 Å². The number of hydrogen-bond donors (Lipinski definition) is 2. The Balaban J connectivity index is 0.00000242. The van der Waals surface area contributed by atoms with Crippen LogP contribution in [0, 0.1) is 5.92 Å². The maximum atomic E-state index is 11.4. The van der Waals surface area contributed by atoms with Crippen molar-refractivity contribution in [2.45, 2.75) is 31.6 Å². The van der Waals surface area contributed by atoms with E-state index in [4.69, 9.17) is 5.73 Å². The van der Waals surface area contributed by atoms with E-state index >= 15 is 0 Å². The van der Waals surface area contributed by atoms with Crippen LogP contribution in [-0.4, -0.2) is 27.2 Å². The van der Waals surface area contributed by atoms with Crippen molar-refractivity contribution in [3.8, 4) is 0 Å². The minimum atomic E-state index is -3.05. The number of guanidine groups is 1. The molecule has 124 valence electrons. The highest BCUT2D eigenvalue weighted by Crippen LogP contribution is 2.25. The average molecular weight is 437 g/mol. The van der Waals surface area contributed by atoms with Crippen LogP contribution in [0.2, 0.25) is 0 Å². The van der Waals surface area contributed by atoms with E-state index in [1.807, 2.05) is 24.3 Å². The second-order valence-electron chi connectivity index (χ2n) is 5.72. The Bertz CT molecular complexity index is 613. The number of nitrogens with two attached hydrogens (primary N) is 1. The SMILES string of the molecule is CS(=O)(=O)Cc1ccccc1CN=C(N)NCC1CCC1.I. The molecule has 3 N–H and O–H groups in total. The molecule has 0 spiro atoms. The van der Waals surface area contributed by atoms with Gasteiger partial charge in [0.15, 0.2) is 15.8 Å². The fourth-order valence-corrected chi connectivity index (χ4v) is 3.15. The number of nitrogens with zero attached hydrogens (tertiary/aromatic N) is 1. The van der Waals surface area contributed by atoms with Crippen LogP contribution in [0.25, 0.3) is 0 Å². The Morgan fingerprint density at radius 2 is 1.95 bits per heavy atom. The molecule has 0 bridgehead atoms. The fourth-order valence-electron chi connectivity index (χ4n) is 2.31. The molecule has 0 aromatic heterocycles. The van der Waals surface area contributed by atoms with Gasteiger partial charge in [-0.2, -0.15) is 0 Å². The molecule has 1 aromatic carbocycles. The molecule has 0 aliphatic heterocycles. The van der Waals surface area contributed by atoms with E-state index in [9.17, 15) is 8.42 Å². The summed E-state index contributed by atoms with van der Waals surface area (Å²) in [7, 11) is -3.05. The van der Waals surface area contributed by atoms with Crippen LogP contribution < -0.4 is 11.1 Å². The van der Waals surface area contributed by atoms with E-state index in [1.54, 1.807) is 0 Å². The number of rotatable bonds is 6. The van der Waals surface area contributed by atoms with Gasteiger partial charge in [-0.3, -0.25) is 0 Å². The van der Waals surface area contributed by atoms with Crippen LogP contribution in [0.3, 0.4) is 0 Å². The molecule has 1 aliphatic rings. The van der Waals surface area contributed by atoms with Gasteiger partial charge in [-0.15, -0.1) is 24.0 Å². The first kappa shape index (κ1) is 19.2. The predicted molar refractivity (Wildman–Crippen MR) is 101 cm³/mol. The second kappa shape index (κ2) is 8.71. The molecule has 0 unspecified atom stereocenters. The Hall–Kier alpha value is -0.830. The molecule has 0 atom stereocenters. The summed E-state index contributed by atoms with van der Waals surface area (Å²) in [6.07, 6.45) is 5.07. The lowest BCUT2D eigenvalue weighted by atomic mass is 9.85. The van der Waals surface area contributed by atoms with Crippen molar-refractivity contribution in [1.29, 1.82) is 0 Å². The highest BCUT2D eigenvalue weighted by Gasteiger charge is 2.16. The third-order valence-electron chi connectivity index (χ3n) is 3.75. The van der Waals surface area contributed by atoms with Gasteiger partial charge in [0.25, 0.3) is 0 Å². The van der Waals surface area contributed by atoms with Gasteiger partial charge in [0, 0.05) is 12.8 Å². The third-order valence-corrected chi connectivity index (χ3v) is 4.59. The summed E-state index contributed by atoms with van der Waals surface area (Å²) in [5.74, 6) is 1.18. The van der Waals surface area contributed by atoms with Crippen molar-refractivity contribution >= 4 is 39.8 Å². The Kier molecular flexibility index (Phi) is 7.61. The van der Waals surface area contributed by atoms with E-state index in [0.717, 1.165) is 23.6 Å². The highest BCUT2D eigenvalue weighted by molar-refractivity contribution is 14.0. The van der Waals surface area contributed by atoms with Gasteiger partial charge in [0.2, 0.25) is 0 Å². The first-order valence-corrected chi connectivity index (χ1v) is 9.28. The standard InChI is InChI=1S/C15H23N3O2S.HI/c1-21(19,20)11-14-8-3-2-7-13(14)10-18-15(16)17-9-12-5-4-6-12;/h2-3,7-8,12H,4-6,9-11H2,1H3,(H3,16,17,18);1H. The minimum absolute atomic E-state index is 0. The van der Waals surface area contributed by atoms with E-state index in [2.05, 4.69) is 10.3 Å². The van der Waals surface area contributed by atoms with Crippen LogP contribution in [0.15, 0.2) is 29.3 Å². The van der Waals surface area contributed by atoms with Gasteiger partial charge in [-0.05, 0) is 29.9 Å². The van der Waals surface area contributed by atoms with Crippen LogP contribution in [0.5, 0.6) is 0 Å². The second-order valence-corrected chi connectivity index (χ2v) is 7.86. The van der Waals surface area contributed by atoms with Crippen LogP contribution in [-0.2, 0) is 22.1 Å². The molecule has 1 saturated carbocycles. The zero-order valence-corrected chi connectivity index (χ0v) is 15.9. The van der Waals surface area contributed by atoms with E-state index in [1.165, 1.54) is 25.5 Å². The first-order chi connectivity index (χ1) is 9.94. The normalized spacial score (nSPS) is 15.8. The maximum Gasteiger partial charge on any atom is 0.188 e. The summed E-state index contributed by atoms with van der Waals surface area (Å²) < 4.78 is 22.9. The average Bonchev–Trinajstić information content (AvgIpc) is 2.34. The molecule has 7 heteroatoms. The summed E-state index contributed by atoms with van der Waals surface area (Å²) in [5.41, 5.74) is 7.53. The van der Waals surface area contributed by atoms with Gasteiger partial charge in [0.05, 0.1) is 12.3 Å². The monoisotopic (exact) mass is 437 g/mol. The van der Waals surface area contributed by atoms with Crippen molar-refractivity contribution < 1.29 is 8.42 Å². The molecule has 0 saturated heterocycles. The Labute approximate surface area is 149 Å². The zero-order valence-electron chi connectivity index (χ0n) is 12.8. The smallest absolute Gasteiger partial charge is 0.188 e. The Morgan fingerprint density at radius 1 is 1.32 bits per heavy atom. The molecule has 22 heavy (non-hydrogen) atoms. The molecule has 0 radical (unpaired) electrons. The number of benzene rings is 1. The molecule has 1 fully saturated rings. The van der Waals surface area contributed by atoms with Gasteiger partial charge in [0.1, 0.15) is 0 Å². The summed E-state index contributed by atoms with van der Waals surface area (Å²) in [5, 5.41) is 3.13. The quantitative estimate of drug-likeness (QED) is 0.406. The van der Waals surface area contributed by atoms with Crippen LogP contribution in [0.4, 0.5) is 0 Å². The predicted octanol–water partition coefficient (Wildman–Crippen LogP) is 2.05. The number of hydrogen-bond acceptors (Lipinski definition) is 3. The summed E-state index contributed by atoms with van der Waals surface area (Å²) in [4.78, 5) is 4.30. The summed E-state index contributed by atoms with van der Waals surface area (Å²) >= 11 is 0. The van der Waals surface area contributed by atoms with Crippen molar-refractivity contribution in [3.63, 3.8) is 0 Å². The first-order valence-electron chi connectivity index (χ1n) is 7.22. The van der Waals surface area contributed by atoms with Gasteiger partial charge in [-0.25, -0.2) is 13.4 Å². The topological polar surface area (TPSA) is 84.5 Å².